The molecule has 0 saturated heterocycles. The third-order valence-electron chi connectivity index (χ3n) is 2.95. The first-order valence-electron chi connectivity index (χ1n) is 5.87. The second-order valence-corrected chi connectivity index (χ2v) is 4.18. The lowest BCUT2D eigenvalue weighted by Gasteiger charge is -2.11. The van der Waals surface area contributed by atoms with Crippen LogP contribution in [0.4, 0.5) is 5.69 Å². The molecule has 17 heavy (non-hydrogen) atoms. The van der Waals surface area contributed by atoms with Crippen molar-refractivity contribution < 1.29 is 4.79 Å². The molecule has 2 rings (SSSR count). The average molecular weight is 228 g/mol. The summed E-state index contributed by atoms with van der Waals surface area (Å²) in [6, 6.07) is 9.68. The maximum atomic E-state index is 11.8. The highest BCUT2D eigenvalue weighted by Crippen LogP contribution is 2.21. The molecule has 0 unspecified atom stereocenters. The van der Waals surface area contributed by atoms with E-state index in [9.17, 15) is 4.79 Å². The smallest absolute Gasteiger partial charge is 0.227 e. The summed E-state index contributed by atoms with van der Waals surface area (Å²) in [7, 11) is 0. The Labute approximate surface area is 101 Å². The summed E-state index contributed by atoms with van der Waals surface area (Å²) in [6.07, 6.45) is 2.57. The lowest BCUT2D eigenvalue weighted by Crippen LogP contribution is -2.19. The molecule has 3 nitrogen and oxygen atoms in total. The molecule has 88 valence electrons. The van der Waals surface area contributed by atoms with E-state index in [0.717, 1.165) is 23.0 Å². The molecule has 0 radical (unpaired) electrons. The number of aromatic nitrogens is 1. The Morgan fingerprint density at radius 2 is 2.12 bits per heavy atom. The van der Waals surface area contributed by atoms with Gasteiger partial charge < -0.3 is 5.32 Å². The zero-order valence-electron chi connectivity index (χ0n) is 10.1. The molecule has 1 amide bonds. The number of para-hydroxylation sites is 1. The quantitative estimate of drug-likeness (QED) is 0.876. The van der Waals surface area contributed by atoms with E-state index in [0.29, 0.717) is 0 Å². The van der Waals surface area contributed by atoms with Gasteiger partial charge in [-0.1, -0.05) is 32.0 Å². The van der Waals surface area contributed by atoms with E-state index in [2.05, 4.69) is 10.3 Å². The molecule has 0 aliphatic carbocycles. The van der Waals surface area contributed by atoms with Crippen LogP contribution in [0.2, 0.25) is 0 Å². The van der Waals surface area contributed by atoms with Crippen LogP contribution < -0.4 is 5.32 Å². The van der Waals surface area contributed by atoms with Gasteiger partial charge in [0, 0.05) is 17.5 Å². The first kappa shape index (κ1) is 11.6. The van der Waals surface area contributed by atoms with Gasteiger partial charge in [-0.3, -0.25) is 9.78 Å². The van der Waals surface area contributed by atoms with Crippen LogP contribution in [-0.2, 0) is 4.79 Å². The summed E-state index contributed by atoms with van der Waals surface area (Å²) in [6.45, 7) is 3.93. The van der Waals surface area contributed by atoms with Crippen LogP contribution in [0.25, 0.3) is 10.9 Å². The highest BCUT2D eigenvalue weighted by atomic mass is 16.1. The molecular formula is C14H16N2O. The van der Waals surface area contributed by atoms with E-state index in [1.165, 1.54) is 0 Å². The molecule has 0 aliphatic heterocycles. The molecule has 2 aromatic rings. The summed E-state index contributed by atoms with van der Waals surface area (Å²) >= 11 is 0. The maximum Gasteiger partial charge on any atom is 0.227 e. The number of rotatable bonds is 3. The Bertz CT molecular complexity index is 531. The number of amides is 1. The van der Waals surface area contributed by atoms with Gasteiger partial charge in [-0.25, -0.2) is 0 Å². The average Bonchev–Trinajstić information content (AvgIpc) is 2.38. The molecule has 0 aliphatic rings. The van der Waals surface area contributed by atoms with Crippen LogP contribution in [0.5, 0.6) is 0 Å². The van der Waals surface area contributed by atoms with Gasteiger partial charge in [0.25, 0.3) is 0 Å². The van der Waals surface area contributed by atoms with Crippen LogP contribution in [-0.4, -0.2) is 10.9 Å². The summed E-state index contributed by atoms with van der Waals surface area (Å²) in [5, 5.41) is 3.97. The van der Waals surface area contributed by atoms with Gasteiger partial charge in [0.15, 0.2) is 0 Å². The van der Waals surface area contributed by atoms with Gasteiger partial charge in [0.2, 0.25) is 5.91 Å². The normalized spacial score (nSPS) is 12.4. The van der Waals surface area contributed by atoms with Crippen molar-refractivity contribution in [3.05, 3.63) is 36.5 Å². The van der Waals surface area contributed by atoms with Crippen LogP contribution >= 0.6 is 0 Å². The lowest BCUT2D eigenvalue weighted by molar-refractivity contribution is -0.119. The Kier molecular flexibility index (Phi) is 3.38. The van der Waals surface area contributed by atoms with E-state index in [1.54, 1.807) is 6.20 Å². The summed E-state index contributed by atoms with van der Waals surface area (Å²) in [5.41, 5.74) is 1.63. The van der Waals surface area contributed by atoms with Crippen molar-refractivity contribution in [1.82, 2.24) is 4.98 Å². The number of benzene rings is 1. The number of nitrogens with zero attached hydrogens (tertiary/aromatic N) is 1. The van der Waals surface area contributed by atoms with Crippen molar-refractivity contribution in [2.45, 2.75) is 20.3 Å². The lowest BCUT2D eigenvalue weighted by atomic mass is 10.1. The predicted octanol–water partition coefficient (Wildman–Crippen LogP) is 3.22. The Morgan fingerprint density at radius 1 is 1.35 bits per heavy atom. The van der Waals surface area contributed by atoms with Gasteiger partial charge in [-0.05, 0) is 18.6 Å². The van der Waals surface area contributed by atoms with Gasteiger partial charge in [-0.15, -0.1) is 0 Å². The monoisotopic (exact) mass is 228 g/mol. The van der Waals surface area contributed by atoms with Crippen LogP contribution in [0.15, 0.2) is 36.5 Å². The molecule has 0 fully saturated rings. The molecule has 0 bridgehead atoms. The Hall–Kier alpha value is -1.90. The van der Waals surface area contributed by atoms with Gasteiger partial charge in [0.1, 0.15) is 0 Å². The van der Waals surface area contributed by atoms with Crippen LogP contribution in [0.3, 0.4) is 0 Å². The molecule has 1 atom stereocenters. The standard InChI is InChI=1S/C14H16N2O/c1-3-10(2)14(17)16-12-8-4-6-11-7-5-9-15-13(11)12/h4-10H,3H2,1-2H3,(H,16,17)/t10-/m1/s1. The zero-order valence-corrected chi connectivity index (χ0v) is 10.1. The van der Waals surface area contributed by atoms with Crippen molar-refractivity contribution in [3.8, 4) is 0 Å². The van der Waals surface area contributed by atoms with Crippen LogP contribution in [0, 0.1) is 5.92 Å². The fraction of sp³-hybridized carbons (Fsp3) is 0.286. The number of anilines is 1. The minimum atomic E-state index is 0.0222. The molecular weight excluding hydrogens is 212 g/mol. The fourth-order valence-electron chi connectivity index (χ4n) is 1.65. The van der Waals surface area contributed by atoms with Gasteiger partial charge >= 0.3 is 0 Å². The van der Waals surface area contributed by atoms with E-state index in [-0.39, 0.29) is 11.8 Å². The molecule has 3 heteroatoms. The number of fused-ring (bicyclic) bond motifs is 1. The minimum absolute atomic E-state index is 0.0222. The van der Waals surface area contributed by atoms with E-state index in [1.807, 2.05) is 44.2 Å². The van der Waals surface area contributed by atoms with Gasteiger partial charge in [0.05, 0.1) is 11.2 Å². The topological polar surface area (TPSA) is 42.0 Å². The SMILES string of the molecule is CC[C@@H](C)C(=O)Nc1cccc2cccnc12. The van der Waals surface area contributed by atoms with E-state index < -0.39 is 0 Å². The van der Waals surface area contributed by atoms with Crippen molar-refractivity contribution in [2.24, 2.45) is 5.92 Å². The second-order valence-electron chi connectivity index (χ2n) is 4.18. The van der Waals surface area contributed by atoms with Crippen molar-refractivity contribution in [3.63, 3.8) is 0 Å². The molecule has 1 N–H and O–H groups in total. The predicted molar refractivity (Wildman–Crippen MR) is 69.8 cm³/mol. The molecule has 1 aromatic heterocycles. The third-order valence-corrected chi connectivity index (χ3v) is 2.95. The molecule has 1 aromatic carbocycles. The highest BCUT2D eigenvalue weighted by Gasteiger charge is 2.12. The number of carbonyl (C=O) groups is 1. The fourth-order valence-corrected chi connectivity index (χ4v) is 1.65. The third kappa shape index (κ3) is 2.44. The number of hydrogen-bond acceptors (Lipinski definition) is 2. The van der Waals surface area contributed by atoms with Gasteiger partial charge in [-0.2, -0.15) is 0 Å². The molecule has 0 spiro atoms. The van der Waals surface area contributed by atoms with Crippen molar-refractivity contribution in [1.29, 1.82) is 0 Å². The Morgan fingerprint density at radius 3 is 2.88 bits per heavy atom. The number of hydrogen-bond donors (Lipinski definition) is 1. The molecule has 1 heterocycles. The number of pyridine rings is 1. The maximum absolute atomic E-state index is 11.8. The zero-order chi connectivity index (χ0) is 12.3. The van der Waals surface area contributed by atoms with Crippen molar-refractivity contribution in [2.75, 3.05) is 5.32 Å². The van der Waals surface area contributed by atoms with E-state index >= 15 is 0 Å². The van der Waals surface area contributed by atoms with Crippen LogP contribution in [0.1, 0.15) is 20.3 Å². The number of carbonyl (C=O) groups excluding carboxylic acids is 1. The second kappa shape index (κ2) is 4.95. The summed E-state index contributed by atoms with van der Waals surface area (Å²) in [4.78, 5) is 16.2. The van der Waals surface area contributed by atoms with Crippen molar-refractivity contribution >= 4 is 22.5 Å². The summed E-state index contributed by atoms with van der Waals surface area (Å²) < 4.78 is 0. The highest BCUT2D eigenvalue weighted by molar-refractivity contribution is 6.00. The summed E-state index contributed by atoms with van der Waals surface area (Å²) in [5.74, 6) is 0.0691. The Balaban J connectivity index is 2.33. The first-order valence-corrected chi connectivity index (χ1v) is 5.87. The van der Waals surface area contributed by atoms with E-state index in [4.69, 9.17) is 0 Å². The molecule has 0 saturated carbocycles. The largest absolute Gasteiger partial charge is 0.324 e. The first-order chi connectivity index (χ1) is 8.22. The minimum Gasteiger partial charge on any atom is -0.324 e. The number of nitrogens with one attached hydrogen (secondary N) is 1.